The topological polar surface area (TPSA) is 50.2 Å². The molecule has 3 heterocycles. The molecule has 0 aliphatic carbocycles. The number of hydrogen-bond acceptors (Lipinski definition) is 3. The third-order valence-electron chi connectivity index (χ3n) is 4.98. The van der Waals surface area contributed by atoms with Crippen LogP contribution in [0, 0.1) is 26.7 Å². The number of amides is 1. The van der Waals surface area contributed by atoms with Crippen molar-refractivity contribution in [2.75, 3.05) is 19.6 Å². The second-order valence-corrected chi connectivity index (χ2v) is 6.22. The molecule has 1 N–H and O–H groups in total. The van der Waals surface area contributed by atoms with Crippen molar-refractivity contribution in [3.63, 3.8) is 0 Å². The van der Waals surface area contributed by atoms with E-state index in [4.69, 9.17) is 0 Å². The lowest BCUT2D eigenvalue weighted by molar-refractivity contribution is -0.131. The molecule has 2 aliphatic rings. The van der Waals surface area contributed by atoms with Gasteiger partial charge in [0.05, 0.1) is 5.69 Å². The summed E-state index contributed by atoms with van der Waals surface area (Å²) in [6.45, 7) is 9.34. The van der Waals surface area contributed by atoms with Crippen molar-refractivity contribution in [2.45, 2.75) is 46.2 Å². The van der Waals surface area contributed by atoms with Crippen molar-refractivity contribution in [3.05, 3.63) is 17.0 Å². The first-order valence-electron chi connectivity index (χ1n) is 7.58. The van der Waals surface area contributed by atoms with Crippen LogP contribution < -0.4 is 5.32 Å². The zero-order chi connectivity index (χ0) is 14.3. The monoisotopic (exact) mass is 276 g/mol. The molecule has 5 heteroatoms. The fourth-order valence-corrected chi connectivity index (χ4v) is 3.42. The lowest BCUT2D eigenvalue weighted by Gasteiger charge is -2.24. The number of carbonyl (C=O) groups is 1. The van der Waals surface area contributed by atoms with Gasteiger partial charge < -0.3 is 10.2 Å². The fraction of sp³-hybridized carbons (Fsp3) is 0.733. The highest BCUT2D eigenvalue weighted by Crippen LogP contribution is 2.25. The minimum atomic E-state index is 0.201. The van der Waals surface area contributed by atoms with Crippen LogP contribution in [0.5, 0.6) is 0 Å². The van der Waals surface area contributed by atoms with Crippen LogP contribution in [0.15, 0.2) is 0 Å². The molecule has 0 aromatic carbocycles. The first-order chi connectivity index (χ1) is 9.56. The molecular formula is C15H24N4O. The molecule has 110 valence electrons. The van der Waals surface area contributed by atoms with Crippen molar-refractivity contribution in [3.8, 4) is 0 Å². The smallest absolute Gasteiger partial charge is 0.244 e. The molecule has 1 aromatic heterocycles. The largest absolute Gasteiger partial charge is 0.339 e. The molecule has 2 atom stereocenters. The Bertz CT molecular complexity index is 508. The summed E-state index contributed by atoms with van der Waals surface area (Å²) in [5, 5.41) is 8.00. The van der Waals surface area contributed by atoms with E-state index in [2.05, 4.69) is 17.3 Å². The Kier molecular flexibility index (Phi) is 3.54. The number of fused-ring (bicyclic) bond motifs is 1. The second-order valence-electron chi connectivity index (χ2n) is 6.22. The number of aromatic nitrogens is 2. The second kappa shape index (κ2) is 5.20. The van der Waals surface area contributed by atoms with Gasteiger partial charge in [0.1, 0.15) is 6.54 Å². The average molecular weight is 276 g/mol. The standard InChI is InChI=1S/C15H24N4O/c1-10-11(2)17-19(12(10)3)9-15(20)18-7-13-5-4-6-16-14(13)8-18/h13-14,16H,4-9H2,1-3H3/t13-,14+/m0/s1. The zero-order valence-corrected chi connectivity index (χ0v) is 12.6. The highest BCUT2D eigenvalue weighted by Gasteiger charge is 2.36. The summed E-state index contributed by atoms with van der Waals surface area (Å²) >= 11 is 0. The van der Waals surface area contributed by atoms with Crippen molar-refractivity contribution < 1.29 is 4.79 Å². The summed E-state index contributed by atoms with van der Waals surface area (Å²) in [4.78, 5) is 14.5. The Labute approximate surface area is 120 Å². The maximum Gasteiger partial charge on any atom is 0.244 e. The molecule has 2 aliphatic heterocycles. The fourth-order valence-electron chi connectivity index (χ4n) is 3.42. The van der Waals surface area contributed by atoms with Crippen LogP contribution in [0.25, 0.3) is 0 Å². The lowest BCUT2D eigenvalue weighted by atomic mass is 9.94. The van der Waals surface area contributed by atoms with Gasteiger partial charge in [-0.05, 0) is 51.6 Å². The molecular weight excluding hydrogens is 252 g/mol. The molecule has 20 heavy (non-hydrogen) atoms. The summed E-state index contributed by atoms with van der Waals surface area (Å²) in [5.41, 5.74) is 3.31. The minimum absolute atomic E-state index is 0.201. The Morgan fingerprint density at radius 3 is 2.80 bits per heavy atom. The number of piperidine rings is 1. The Balaban J connectivity index is 1.66. The van der Waals surface area contributed by atoms with Crippen LogP contribution in [-0.2, 0) is 11.3 Å². The number of nitrogens with zero attached hydrogens (tertiary/aromatic N) is 3. The van der Waals surface area contributed by atoms with E-state index in [-0.39, 0.29) is 5.91 Å². The summed E-state index contributed by atoms with van der Waals surface area (Å²) in [6.07, 6.45) is 2.49. The predicted molar refractivity (Wildman–Crippen MR) is 77.5 cm³/mol. The van der Waals surface area contributed by atoms with E-state index in [9.17, 15) is 4.79 Å². The van der Waals surface area contributed by atoms with E-state index in [1.165, 1.54) is 18.4 Å². The SMILES string of the molecule is Cc1nn(CC(=O)N2C[C@@H]3CCCN[C@@H]3C2)c(C)c1C. The first-order valence-corrected chi connectivity index (χ1v) is 7.58. The number of aryl methyl sites for hydroxylation is 1. The highest BCUT2D eigenvalue weighted by atomic mass is 16.2. The highest BCUT2D eigenvalue weighted by molar-refractivity contribution is 5.76. The number of nitrogens with one attached hydrogen (secondary N) is 1. The first kappa shape index (κ1) is 13.6. The molecule has 0 spiro atoms. The maximum absolute atomic E-state index is 12.5. The van der Waals surface area contributed by atoms with Gasteiger partial charge >= 0.3 is 0 Å². The van der Waals surface area contributed by atoms with Crippen LogP contribution >= 0.6 is 0 Å². The molecule has 2 saturated heterocycles. The molecule has 5 nitrogen and oxygen atoms in total. The summed E-state index contributed by atoms with van der Waals surface area (Å²) in [7, 11) is 0. The third kappa shape index (κ3) is 2.35. The number of rotatable bonds is 2. The van der Waals surface area contributed by atoms with Gasteiger partial charge in [-0.25, -0.2) is 0 Å². The molecule has 0 radical (unpaired) electrons. The summed E-state index contributed by atoms with van der Waals surface area (Å²) < 4.78 is 1.85. The van der Waals surface area contributed by atoms with Crippen LogP contribution in [0.3, 0.4) is 0 Å². The van der Waals surface area contributed by atoms with Crippen LogP contribution in [0.2, 0.25) is 0 Å². The molecule has 0 unspecified atom stereocenters. The molecule has 1 aromatic rings. The van der Waals surface area contributed by atoms with Crippen LogP contribution in [0.1, 0.15) is 29.8 Å². The molecule has 1 amide bonds. The van der Waals surface area contributed by atoms with E-state index in [1.807, 2.05) is 23.4 Å². The molecule has 0 bridgehead atoms. The molecule has 0 saturated carbocycles. The van der Waals surface area contributed by atoms with Crippen molar-refractivity contribution in [1.29, 1.82) is 0 Å². The Morgan fingerprint density at radius 1 is 1.35 bits per heavy atom. The van der Waals surface area contributed by atoms with Gasteiger partial charge in [-0.1, -0.05) is 0 Å². The van der Waals surface area contributed by atoms with Gasteiger partial charge in [0.25, 0.3) is 0 Å². The van der Waals surface area contributed by atoms with Crippen molar-refractivity contribution in [2.24, 2.45) is 5.92 Å². The van der Waals surface area contributed by atoms with Crippen LogP contribution in [0.4, 0.5) is 0 Å². The number of carbonyl (C=O) groups excluding carboxylic acids is 1. The van der Waals surface area contributed by atoms with Crippen molar-refractivity contribution >= 4 is 5.91 Å². The van der Waals surface area contributed by atoms with Gasteiger partial charge in [0.2, 0.25) is 5.91 Å². The van der Waals surface area contributed by atoms with E-state index in [0.717, 1.165) is 31.0 Å². The Morgan fingerprint density at radius 2 is 2.15 bits per heavy atom. The minimum Gasteiger partial charge on any atom is -0.339 e. The average Bonchev–Trinajstić information content (AvgIpc) is 2.97. The van der Waals surface area contributed by atoms with E-state index in [1.54, 1.807) is 0 Å². The number of likely N-dealkylation sites (tertiary alicyclic amines) is 1. The maximum atomic E-state index is 12.5. The van der Waals surface area contributed by atoms with Gasteiger partial charge in [-0.15, -0.1) is 0 Å². The Hall–Kier alpha value is -1.36. The summed E-state index contributed by atoms with van der Waals surface area (Å²) in [6, 6.07) is 0.509. The van der Waals surface area contributed by atoms with E-state index < -0.39 is 0 Å². The third-order valence-corrected chi connectivity index (χ3v) is 4.98. The zero-order valence-electron chi connectivity index (χ0n) is 12.6. The quantitative estimate of drug-likeness (QED) is 0.877. The molecule has 3 rings (SSSR count). The van der Waals surface area contributed by atoms with Gasteiger partial charge in [-0.3, -0.25) is 9.48 Å². The molecule has 2 fully saturated rings. The van der Waals surface area contributed by atoms with Crippen molar-refractivity contribution in [1.82, 2.24) is 20.0 Å². The van der Waals surface area contributed by atoms with Gasteiger partial charge in [-0.2, -0.15) is 5.10 Å². The van der Waals surface area contributed by atoms with Gasteiger partial charge in [0, 0.05) is 24.8 Å². The predicted octanol–water partition coefficient (Wildman–Crippen LogP) is 1.02. The van der Waals surface area contributed by atoms with Gasteiger partial charge in [0.15, 0.2) is 0 Å². The van der Waals surface area contributed by atoms with Crippen LogP contribution in [-0.4, -0.2) is 46.3 Å². The summed E-state index contributed by atoms with van der Waals surface area (Å²) in [5.74, 6) is 0.849. The van der Waals surface area contributed by atoms with E-state index >= 15 is 0 Å². The number of hydrogen-bond donors (Lipinski definition) is 1. The normalized spacial score (nSPS) is 25.9. The van der Waals surface area contributed by atoms with E-state index in [0.29, 0.717) is 18.5 Å². The lowest BCUT2D eigenvalue weighted by Crippen LogP contribution is -2.41.